The molecule has 2 aliphatic heterocycles. The lowest BCUT2D eigenvalue weighted by atomic mass is 10.1. The Balaban J connectivity index is 0.000000204. The normalized spacial score (nSPS) is 20.7. The van der Waals surface area contributed by atoms with Crippen LogP contribution in [0.4, 0.5) is 4.79 Å². The van der Waals surface area contributed by atoms with Crippen LogP contribution in [0.3, 0.4) is 0 Å². The van der Waals surface area contributed by atoms with E-state index in [4.69, 9.17) is 6.42 Å². The zero-order chi connectivity index (χ0) is 15.3. The molecule has 6 heteroatoms. The van der Waals surface area contributed by atoms with Gasteiger partial charge in [0.2, 0.25) is 0 Å². The van der Waals surface area contributed by atoms with Crippen molar-refractivity contribution in [2.45, 2.75) is 6.04 Å². The molecule has 0 aromatic carbocycles. The van der Waals surface area contributed by atoms with Crippen LogP contribution in [0.5, 0.6) is 0 Å². The molecule has 104 valence electrons. The van der Waals surface area contributed by atoms with Crippen molar-refractivity contribution in [2.24, 2.45) is 0 Å². The number of imide groups is 1. The molecule has 0 saturated carbocycles. The van der Waals surface area contributed by atoms with Gasteiger partial charge < -0.3 is 10.2 Å². The minimum absolute atomic E-state index is 0.0369. The summed E-state index contributed by atoms with van der Waals surface area (Å²) in [5.74, 6) is 1.68. The first kappa shape index (κ1) is 15.2. The van der Waals surface area contributed by atoms with Gasteiger partial charge in [-0.2, -0.15) is 0 Å². The molecule has 2 aliphatic rings. The van der Waals surface area contributed by atoms with E-state index in [2.05, 4.69) is 24.4 Å². The monoisotopic (exact) mass is 273 g/mol. The highest BCUT2D eigenvalue weighted by molar-refractivity contribution is 6.05. The van der Waals surface area contributed by atoms with Crippen LogP contribution in [0.2, 0.25) is 0 Å². The molecule has 1 fully saturated rings. The number of rotatable bonds is 2. The van der Waals surface area contributed by atoms with Crippen molar-refractivity contribution in [1.82, 2.24) is 15.5 Å². The molecule has 2 rings (SSSR count). The Morgan fingerprint density at radius 1 is 1.35 bits per heavy atom. The number of hydrogen-bond donors (Lipinski definition) is 2. The van der Waals surface area contributed by atoms with Crippen molar-refractivity contribution in [3.63, 3.8) is 0 Å². The van der Waals surface area contributed by atoms with Gasteiger partial charge in [0.05, 0.1) is 0 Å². The van der Waals surface area contributed by atoms with Crippen LogP contribution in [0.1, 0.15) is 0 Å². The second-order valence-electron chi connectivity index (χ2n) is 4.07. The Kier molecular flexibility index (Phi) is 4.87. The third-order valence-corrected chi connectivity index (χ3v) is 2.72. The van der Waals surface area contributed by atoms with Crippen LogP contribution in [0.15, 0.2) is 36.5 Å². The van der Waals surface area contributed by atoms with Crippen molar-refractivity contribution >= 4 is 17.8 Å². The van der Waals surface area contributed by atoms with E-state index in [1.54, 1.807) is 24.1 Å². The van der Waals surface area contributed by atoms with Crippen LogP contribution in [-0.2, 0) is 9.59 Å². The van der Waals surface area contributed by atoms with Crippen molar-refractivity contribution in [1.29, 1.82) is 0 Å². The van der Waals surface area contributed by atoms with Crippen LogP contribution in [-0.4, -0.2) is 42.4 Å². The van der Waals surface area contributed by atoms with E-state index >= 15 is 0 Å². The summed E-state index contributed by atoms with van der Waals surface area (Å²) >= 11 is 0. The van der Waals surface area contributed by atoms with Crippen molar-refractivity contribution in [2.75, 3.05) is 13.6 Å². The van der Waals surface area contributed by atoms with E-state index < -0.39 is 18.0 Å². The Bertz CT molecular complexity index is 555. The Labute approximate surface area is 117 Å². The highest BCUT2D eigenvalue weighted by atomic mass is 16.2. The zero-order valence-electron chi connectivity index (χ0n) is 11.1. The van der Waals surface area contributed by atoms with Crippen LogP contribution in [0, 0.1) is 12.3 Å². The van der Waals surface area contributed by atoms with Crippen molar-refractivity contribution in [3.05, 3.63) is 36.5 Å². The average molecular weight is 273 g/mol. The van der Waals surface area contributed by atoms with Gasteiger partial charge in [-0.25, -0.2) is 4.79 Å². The van der Waals surface area contributed by atoms with E-state index in [1.165, 1.54) is 0 Å². The van der Waals surface area contributed by atoms with Gasteiger partial charge in [-0.3, -0.25) is 14.9 Å². The Morgan fingerprint density at radius 2 is 2.00 bits per heavy atom. The third-order valence-electron chi connectivity index (χ3n) is 2.72. The molecule has 4 amide bonds. The number of nitrogens with one attached hydrogen (secondary N) is 2. The predicted octanol–water partition coefficient (Wildman–Crippen LogP) is -0.0454. The lowest BCUT2D eigenvalue weighted by Gasteiger charge is -2.06. The molecular weight excluding hydrogens is 258 g/mol. The summed E-state index contributed by atoms with van der Waals surface area (Å²) in [6.45, 7) is 7.85. The highest BCUT2D eigenvalue weighted by Crippen LogP contribution is 2.18. The van der Waals surface area contributed by atoms with Crippen molar-refractivity contribution in [3.8, 4) is 12.3 Å². The number of terminal acetylenes is 1. The predicted molar refractivity (Wildman–Crippen MR) is 74.4 cm³/mol. The van der Waals surface area contributed by atoms with E-state index in [0.717, 1.165) is 5.57 Å². The number of urea groups is 1. The average Bonchev–Trinajstić information content (AvgIpc) is 2.90. The Hall–Kier alpha value is -2.81. The molecule has 6 nitrogen and oxygen atoms in total. The minimum Gasteiger partial charge on any atom is -0.337 e. The van der Waals surface area contributed by atoms with Gasteiger partial charge in [-0.15, -0.1) is 6.42 Å². The second-order valence-corrected chi connectivity index (χ2v) is 4.07. The maximum absolute atomic E-state index is 11.3. The SMILES string of the molecule is C#C[C@@H]1NC(=O)NC1=O.C=CC1=C(C=C)C(=O)N(C)C1. The van der Waals surface area contributed by atoms with Gasteiger partial charge in [-0.05, 0) is 5.57 Å². The van der Waals surface area contributed by atoms with Crippen molar-refractivity contribution < 1.29 is 14.4 Å². The molecule has 0 aromatic heterocycles. The number of hydrogen-bond acceptors (Lipinski definition) is 3. The van der Waals surface area contributed by atoms with Gasteiger partial charge in [0.15, 0.2) is 6.04 Å². The van der Waals surface area contributed by atoms with Gasteiger partial charge in [0.1, 0.15) is 0 Å². The number of likely N-dealkylation sites (N-methyl/N-ethyl adjacent to an activating group) is 1. The number of amides is 4. The maximum Gasteiger partial charge on any atom is 0.322 e. The smallest absolute Gasteiger partial charge is 0.322 e. The molecule has 0 aliphatic carbocycles. The fraction of sp³-hybridized carbons (Fsp3) is 0.214. The number of nitrogens with zero attached hydrogens (tertiary/aromatic N) is 1. The molecule has 2 N–H and O–H groups in total. The highest BCUT2D eigenvalue weighted by Gasteiger charge is 2.26. The lowest BCUT2D eigenvalue weighted by Crippen LogP contribution is -2.26. The molecule has 0 radical (unpaired) electrons. The minimum atomic E-state index is -0.780. The first-order valence-electron chi connectivity index (χ1n) is 5.75. The quantitative estimate of drug-likeness (QED) is 0.547. The Morgan fingerprint density at radius 3 is 2.30 bits per heavy atom. The molecule has 0 bridgehead atoms. The summed E-state index contributed by atoms with van der Waals surface area (Å²) in [7, 11) is 1.77. The van der Waals surface area contributed by atoms with E-state index in [1.807, 2.05) is 5.32 Å². The first-order chi connectivity index (χ1) is 9.44. The number of carbonyl (C=O) groups excluding carboxylic acids is 3. The second kappa shape index (κ2) is 6.38. The fourth-order valence-electron chi connectivity index (χ4n) is 1.68. The topological polar surface area (TPSA) is 78.5 Å². The molecular formula is C14H15N3O3. The van der Waals surface area contributed by atoms with Gasteiger partial charge in [0, 0.05) is 19.2 Å². The lowest BCUT2D eigenvalue weighted by molar-refractivity contribution is -0.124. The van der Waals surface area contributed by atoms with E-state index in [-0.39, 0.29) is 5.91 Å². The molecule has 2 heterocycles. The number of carbonyl (C=O) groups is 3. The summed E-state index contributed by atoms with van der Waals surface area (Å²) in [4.78, 5) is 33.7. The maximum atomic E-state index is 11.3. The van der Waals surface area contributed by atoms with Crippen LogP contribution >= 0.6 is 0 Å². The fourth-order valence-corrected chi connectivity index (χ4v) is 1.68. The summed E-state index contributed by atoms with van der Waals surface area (Å²) in [5.41, 5.74) is 1.65. The standard InChI is InChI=1S/C9H11NO.C5H4N2O2/c1-4-7-6-10(3)9(11)8(7)5-2;1-2-3-4(8)7-5(9)6-3/h4-5H,1-2,6H2,3H3;1,3H,(H2,6,7,8,9)/t;3-/m.0/s1. The first-order valence-corrected chi connectivity index (χ1v) is 5.75. The molecule has 20 heavy (non-hydrogen) atoms. The summed E-state index contributed by atoms with van der Waals surface area (Å²) < 4.78 is 0. The van der Waals surface area contributed by atoms with Gasteiger partial charge >= 0.3 is 6.03 Å². The summed E-state index contributed by atoms with van der Waals surface area (Å²) in [6, 6.07) is -1.31. The molecule has 1 atom stereocenters. The molecule has 1 saturated heterocycles. The molecule has 0 spiro atoms. The summed E-state index contributed by atoms with van der Waals surface area (Å²) in [5, 5.41) is 4.20. The van der Waals surface area contributed by atoms with E-state index in [9.17, 15) is 14.4 Å². The molecule has 0 aromatic rings. The van der Waals surface area contributed by atoms with E-state index in [0.29, 0.717) is 12.1 Å². The van der Waals surface area contributed by atoms with Crippen LogP contribution < -0.4 is 10.6 Å². The zero-order valence-corrected chi connectivity index (χ0v) is 11.1. The largest absolute Gasteiger partial charge is 0.337 e. The van der Waals surface area contributed by atoms with Gasteiger partial charge in [-0.1, -0.05) is 31.2 Å². The van der Waals surface area contributed by atoms with Gasteiger partial charge in [0.25, 0.3) is 11.8 Å². The summed E-state index contributed by atoms with van der Waals surface area (Å²) in [6.07, 6.45) is 8.15. The molecule has 0 unspecified atom stereocenters. The van der Waals surface area contributed by atoms with Crippen LogP contribution in [0.25, 0.3) is 0 Å². The third kappa shape index (κ3) is 3.14.